The van der Waals surface area contributed by atoms with Crippen LogP contribution >= 0.6 is 0 Å². The number of hydrogen-bond donors (Lipinski definition) is 1. The number of nitrogens with zero attached hydrogens (tertiary/aromatic N) is 1. The molecule has 0 radical (unpaired) electrons. The first kappa shape index (κ1) is 12.9. The predicted octanol–water partition coefficient (Wildman–Crippen LogP) is 2.99. The van der Waals surface area contributed by atoms with Crippen molar-refractivity contribution in [2.24, 2.45) is 5.41 Å². The molecule has 0 bridgehead atoms. The van der Waals surface area contributed by atoms with Crippen LogP contribution in [0.15, 0.2) is 18.2 Å². The van der Waals surface area contributed by atoms with Gasteiger partial charge in [-0.15, -0.1) is 0 Å². The van der Waals surface area contributed by atoms with Crippen LogP contribution in [-0.2, 0) is 4.79 Å². The maximum absolute atomic E-state index is 10.9. The van der Waals surface area contributed by atoms with E-state index in [0.29, 0.717) is 0 Å². The number of benzene rings is 1. The van der Waals surface area contributed by atoms with Crippen molar-refractivity contribution in [3.8, 4) is 0 Å². The number of aryl methyl sites for hydroxylation is 2. The van der Waals surface area contributed by atoms with Crippen molar-refractivity contribution in [1.82, 2.24) is 0 Å². The molecular formula is C15H21NO2. The number of carboxylic acids is 1. The van der Waals surface area contributed by atoms with Crippen molar-refractivity contribution in [2.45, 2.75) is 33.6 Å². The van der Waals surface area contributed by atoms with Crippen LogP contribution in [-0.4, -0.2) is 24.2 Å². The van der Waals surface area contributed by atoms with E-state index in [9.17, 15) is 4.79 Å². The van der Waals surface area contributed by atoms with Gasteiger partial charge >= 0.3 is 5.97 Å². The summed E-state index contributed by atoms with van der Waals surface area (Å²) in [7, 11) is 0. The normalized spacial score (nSPS) is 23.4. The van der Waals surface area contributed by atoms with E-state index in [-0.39, 0.29) is 11.8 Å². The number of hydrogen-bond acceptors (Lipinski definition) is 2. The minimum atomic E-state index is -0.694. The van der Waals surface area contributed by atoms with Crippen LogP contribution in [0.2, 0.25) is 0 Å². The Morgan fingerprint density at radius 2 is 2.17 bits per heavy atom. The summed E-state index contributed by atoms with van der Waals surface area (Å²) in [5.74, 6) is -0.694. The molecule has 2 rings (SSSR count). The van der Waals surface area contributed by atoms with Crippen LogP contribution in [0.5, 0.6) is 0 Å². The van der Waals surface area contributed by atoms with Crippen LogP contribution in [0.25, 0.3) is 0 Å². The molecule has 3 heteroatoms. The molecular weight excluding hydrogens is 226 g/mol. The molecule has 0 amide bonds. The van der Waals surface area contributed by atoms with Gasteiger partial charge in [-0.3, -0.25) is 4.79 Å². The zero-order chi connectivity index (χ0) is 13.3. The second-order valence-corrected chi connectivity index (χ2v) is 5.84. The Bertz CT molecular complexity index is 470. The Kier molecular flexibility index (Phi) is 3.33. The highest BCUT2D eigenvalue weighted by Crippen LogP contribution is 2.37. The molecule has 3 nitrogen and oxygen atoms in total. The van der Waals surface area contributed by atoms with Crippen LogP contribution < -0.4 is 4.90 Å². The van der Waals surface area contributed by atoms with Crippen molar-refractivity contribution >= 4 is 11.7 Å². The summed E-state index contributed by atoms with van der Waals surface area (Å²) in [5, 5.41) is 8.97. The SMILES string of the molecule is Cc1ccc(N2CCC(C)(CC(=O)O)C2)c(C)c1. The topological polar surface area (TPSA) is 40.5 Å². The molecule has 1 saturated heterocycles. The van der Waals surface area contributed by atoms with Crippen LogP contribution in [0.4, 0.5) is 5.69 Å². The third kappa shape index (κ3) is 2.66. The van der Waals surface area contributed by atoms with Gasteiger partial charge in [0.15, 0.2) is 0 Å². The van der Waals surface area contributed by atoms with Gasteiger partial charge in [0.2, 0.25) is 0 Å². The van der Waals surface area contributed by atoms with Crippen LogP contribution in [0.1, 0.15) is 30.9 Å². The number of carboxylic acid groups (broad SMARTS) is 1. The minimum absolute atomic E-state index is 0.0941. The average Bonchev–Trinajstić information content (AvgIpc) is 2.59. The zero-order valence-corrected chi connectivity index (χ0v) is 11.4. The van der Waals surface area contributed by atoms with E-state index in [1.165, 1.54) is 16.8 Å². The van der Waals surface area contributed by atoms with Gasteiger partial charge in [0.25, 0.3) is 0 Å². The average molecular weight is 247 g/mol. The van der Waals surface area contributed by atoms with Gasteiger partial charge in [-0.1, -0.05) is 24.6 Å². The fourth-order valence-electron chi connectivity index (χ4n) is 2.90. The van der Waals surface area contributed by atoms with E-state index in [1.807, 2.05) is 0 Å². The molecule has 0 saturated carbocycles. The molecule has 98 valence electrons. The van der Waals surface area contributed by atoms with Crippen molar-refractivity contribution in [3.63, 3.8) is 0 Å². The summed E-state index contributed by atoms with van der Waals surface area (Å²) < 4.78 is 0. The predicted molar refractivity (Wildman–Crippen MR) is 73.1 cm³/mol. The quantitative estimate of drug-likeness (QED) is 0.892. The highest BCUT2D eigenvalue weighted by Gasteiger charge is 2.36. The Morgan fingerprint density at radius 1 is 1.44 bits per heavy atom. The summed E-state index contributed by atoms with van der Waals surface area (Å²) >= 11 is 0. The third-order valence-corrected chi connectivity index (χ3v) is 3.83. The summed E-state index contributed by atoms with van der Waals surface area (Å²) in [5.41, 5.74) is 3.69. The minimum Gasteiger partial charge on any atom is -0.481 e. The molecule has 1 aromatic carbocycles. The monoisotopic (exact) mass is 247 g/mol. The third-order valence-electron chi connectivity index (χ3n) is 3.83. The van der Waals surface area contributed by atoms with E-state index in [1.54, 1.807) is 0 Å². The largest absolute Gasteiger partial charge is 0.481 e. The van der Waals surface area contributed by atoms with E-state index in [0.717, 1.165) is 19.5 Å². The number of anilines is 1. The lowest BCUT2D eigenvalue weighted by atomic mass is 9.86. The van der Waals surface area contributed by atoms with Crippen molar-refractivity contribution < 1.29 is 9.90 Å². The fraction of sp³-hybridized carbons (Fsp3) is 0.533. The Morgan fingerprint density at radius 3 is 2.78 bits per heavy atom. The molecule has 1 aliphatic heterocycles. The molecule has 1 unspecified atom stereocenters. The summed E-state index contributed by atoms with van der Waals surface area (Å²) in [4.78, 5) is 13.2. The first-order valence-corrected chi connectivity index (χ1v) is 6.44. The lowest BCUT2D eigenvalue weighted by molar-refractivity contribution is -0.139. The van der Waals surface area contributed by atoms with Crippen molar-refractivity contribution in [3.05, 3.63) is 29.3 Å². The zero-order valence-electron chi connectivity index (χ0n) is 11.4. The first-order valence-electron chi connectivity index (χ1n) is 6.44. The molecule has 1 heterocycles. The van der Waals surface area contributed by atoms with Crippen molar-refractivity contribution in [1.29, 1.82) is 0 Å². The smallest absolute Gasteiger partial charge is 0.303 e. The van der Waals surface area contributed by atoms with E-state index >= 15 is 0 Å². The molecule has 0 aliphatic carbocycles. The number of carbonyl (C=O) groups is 1. The van der Waals surface area contributed by atoms with Gasteiger partial charge in [-0.05, 0) is 37.3 Å². The van der Waals surface area contributed by atoms with Crippen LogP contribution in [0, 0.1) is 19.3 Å². The van der Waals surface area contributed by atoms with Gasteiger partial charge in [-0.2, -0.15) is 0 Å². The first-order chi connectivity index (χ1) is 8.39. The molecule has 1 atom stereocenters. The molecule has 18 heavy (non-hydrogen) atoms. The second-order valence-electron chi connectivity index (χ2n) is 5.84. The molecule has 1 fully saturated rings. The highest BCUT2D eigenvalue weighted by molar-refractivity contribution is 5.68. The molecule has 0 spiro atoms. The highest BCUT2D eigenvalue weighted by atomic mass is 16.4. The van der Waals surface area contributed by atoms with Gasteiger partial charge in [0.1, 0.15) is 0 Å². The number of rotatable bonds is 3. The summed E-state index contributed by atoms with van der Waals surface area (Å²) in [6, 6.07) is 6.45. The molecule has 1 aromatic rings. The Hall–Kier alpha value is -1.51. The van der Waals surface area contributed by atoms with Gasteiger partial charge in [-0.25, -0.2) is 0 Å². The molecule has 1 aliphatic rings. The maximum atomic E-state index is 10.9. The van der Waals surface area contributed by atoms with Gasteiger partial charge < -0.3 is 10.0 Å². The molecule has 0 aromatic heterocycles. The standard InChI is InChI=1S/C15H21NO2/c1-11-4-5-13(12(2)8-11)16-7-6-15(3,10-16)9-14(17)18/h4-5,8H,6-7,9-10H2,1-3H3,(H,17,18). The van der Waals surface area contributed by atoms with Gasteiger partial charge in [0.05, 0.1) is 6.42 Å². The Labute approximate surface area is 108 Å². The Balaban J connectivity index is 2.15. The van der Waals surface area contributed by atoms with Gasteiger partial charge in [0, 0.05) is 18.8 Å². The molecule has 1 N–H and O–H groups in total. The maximum Gasteiger partial charge on any atom is 0.303 e. The fourth-order valence-corrected chi connectivity index (χ4v) is 2.90. The summed E-state index contributed by atoms with van der Waals surface area (Å²) in [6.45, 7) is 8.08. The van der Waals surface area contributed by atoms with E-state index < -0.39 is 5.97 Å². The lowest BCUT2D eigenvalue weighted by Gasteiger charge is -2.25. The van der Waals surface area contributed by atoms with E-state index in [4.69, 9.17) is 5.11 Å². The van der Waals surface area contributed by atoms with E-state index in [2.05, 4.69) is 43.9 Å². The second kappa shape index (κ2) is 4.63. The van der Waals surface area contributed by atoms with Crippen LogP contribution in [0.3, 0.4) is 0 Å². The van der Waals surface area contributed by atoms with Crippen molar-refractivity contribution in [2.75, 3.05) is 18.0 Å². The number of aliphatic carboxylic acids is 1. The summed E-state index contributed by atoms with van der Waals surface area (Å²) in [6.07, 6.45) is 1.21. The lowest BCUT2D eigenvalue weighted by Crippen LogP contribution is -2.27.